The zero-order valence-corrected chi connectivity index (χ0v) is 10.6. The SMILES string of the molecule is CC1CN(c2cccc(C#N)c2[N+](=O)[O-])CCC1O. The summed E-state index contributed by atoms with van der Waals surface area (Å²) in [6.45, 7) is 3.02. The Kier molecular flexibility index (Phi) is 3.67. The van der Waals surface area contributed by atoms with E-state index in [1.165, 1.54) is 6.07 Å². The Balaban J connectivity index is 2.40. The lowest BCUT2D eigenvalue weighted by Crippen LogP contribution is -2.42. The third-order valence-corrected chi connectivity index (χ3v) is 3.52. The van der Waals surface area contributed by atoms with Crippen molar-refractivity contribution in [2.24, 2.45) is 5.92 Å². The molecule has 1 aromatic carbocycles. The highest BCUT2D eigenvalue weighted by Gasteiger charge is 2.29. The van der Waals surface area contributed by atoms with Crippen LogP contribution in [0.4, 0.5) is 11.4 Å². The maximum absolute atomic E-state index is 11.2. The van der Waals surface area contributed by atoms with Gasteiger partial charge in [0.2, 0.25) is 0 Å². The number of anilines is 1. The number of para-hydroxylation sites is 1. The highest BCUT2D eigenvalue weighted by atomic mass is 16.6. The molecule has 6 nitrogen and oxygen atoms in total. The Morgan fingerprint density at radius 2 is 2.32 bits per heavy atom. The van der Waals surface area contributed by atoms with Crippen molar-refractivity contribution in [1.82, 2.24) is 0 Å². The second-order valence-electron chi connectivity index (χ2n) is 4.82. The number of nitro groups is 1. The summed E-state index contributed by atoms with van der Waals surface area (Å²) in [6, 6.07) is 6.61. The molecule has 1 aliphatic heterocycles. The van der Waals surface area contributed by atoms with Crippen LogP contribution in [0.5, 0.6) is 0 Å². The normalized spacial score (nSPS) is 22.9. The zero-order chi connectivity index (χ0) is 14.0. The fraction of sp³-hybridized carbons (Fsp3) is 0.462. The van der Waals surface area contributed by atoms with Crippen LogP contribution in [0.2, 0.25) is 0 Å². The van der Waals surface area contributed by atoms with E-state index < -0.39 is 4.92 Å². The van der Waals surface area contributed by atoms with E-state index in [0.717, 1.165) is 0 Å². The van der Waals surface area contributed by atoms with E-state index in [-0.39, 0.29) is 23.3 Å². The van der Waals surface area contributed by atoms with Crippen molar-refractivity contribution in [2.75, 3.05) is 18.0 Å². The predicted octanol–water partition coefficient (Wildman–Crippen LogP) is 1.67. The van der Waals surface area contributed by atoms with Gasteiger partial charge in [-0.15, -0.1) is 0 Å². The molecule has 0 spiro atoms. The number of benzene rings is 1. The molecule has 0 saturated carbocycles. The van der Waals surface area contributed by atoms with E-state index in [2.05, 4.69) is 0 Å². The molecule has 2 unspecified atom stereocenters. The van der Waals surface area contributed by atoms with Gasteiger partial charge in [-0.3, -0.25) is 10.1 Å². The highest BCUT2D eigenvalue weighted by molar-refractivity contribution is 5.70. The summed E-state index contributed by atoms with van der Waals surface area (Å²) in [7, 11) is 0. The van der Waals surface area contributed by atoms with Gasteiger partial charge in [-0.05, 0) is 24.5 Å². The van der Waals surface area contributed by atoms with Crippen LogP contribution in [0.25, 0.3) is 0 Å². The molecule has 0 aliphatic carbocycles. The Bertz CT molecular complexity index is 538. The molecule has 1 aromatic rings. The molecular weight excluding hydrogens is 246 g/mol. The van der Waals surface area contributed by atoms with Gasteiger partial charge in [0, 0.05) is 13.1 Å². The van der Waals surface area contributed by atoms with Gasteiger partial charge in [0.1, 0.15) is 17.3 Å². The van der Waals surface area contributed by atoms with Crippen molar-refractivity contribution in [3.63, 3.8) is 0 Å². The number of hydrogen-bond donors (Lipinski definition) is 1. The third kappa shape index (κ3) is 2.51. The first-order valence-corrected chi connectivity index (χ1v) is 6.15. The average molecular weight is 261 g/mol. The van der Waals surface area contributed by atoms with Crippen molar-refractivity contribution < 1.29 is 10.0 Å². The number of nitro benzene ring substituents is 1. The van der Waals surface area contributed by atoms with Crippen molar-refractivity contribution in [3.8, 4) is 6.07 Å². The van der Waals surface area contributed by atoms with Crippen LogP contribution in [0.3, 0.4) is 0 Å². The number of aliphatic hydroxyl groups excluding tert-OH is 1. The largest absolute Gasteiger partial charge is 0.393 e. The lowest BCUT2D eigenvalue weighted by Gasteiger charge is -2.35. The van der Waals surface area contributed by atoms with Gasteiger partial charge in [-0.25, -0.2) is 0 Å². The molecule has 6 heteroatoms. The lowest BCUT2D eigenvalue weighted by atomic mass is 9.96. The number of piperidine rings is 1. The first-order valence-electron chi connectivity index (χ1n) is 6.15. The van der Waals surface area contributed by atoms with Gasteiger partial charge in [0.05, 0.1) is 11.0 Å². The van der Waals surface area contributed by atoms with Crippen molar-refractivity contribution in [1.29, 1.82) is 5.26 Å². The van der Waals surface area contributed by atoms with E-state index in [9.17, 15) is 15.2 Å². The van der Waals surface area contributed by atoms with Crippen molar-refractivity contribution in [2.45, 2.75) is 19.4 Å². The quantitative estimate of drug-likeness (QED) is 0.646. The van der Waals surface area contributed by atoms with Crippen LogP contribution in [-0.4, -0.2) is 29.2 Å². The Morgan fingerprint density at radius 1 is 1.58 bits per heavy atom. The molecule has 0 radical (unpaired) electrons. The van der Waals surface area contributed by atoms with E-state index in [1.807, 2.05) is 17.9 Å². The Labute approximate surface area is 111 Å². The van der Waals surface area contributed by atoms with Gasteiger partial charge in [-0.2, -0.15) is 5.26 Å². The molecule has 1 aliphatic rings. The number of nitriles is 1. The van der Waals surface area contributed by atoms with Crippen LogP contribution >= 0.6 is 0 Å². The van der Waals surface area contributed by atoms with Crippen LogP contribution in [0.15, 0.2) is 18.2 Å². The van der Waals surface area contributed by atoms with E-state index in [4.69, 9.17) is 5.26 Å². The van der Waals surface area contributed by atoms with Crippen LogP contribution in [0, 0.1) is 27.4 Å². The molecule has 1 heterocycles. The number of hydrogen-bond acceptors (Lipinski definition) is 5. The molecule has 19 heavy (non-hydrogen) atoms. The first-order chi connectivity index (χ1) is 9.04. The molecular formula is C13H15N3O3. The summed E-state index contributed by atoms with van der Waals surface area (Å²) in [5.41, 5.74) is 0.387. The minimum absolute atomic E-state index is 0.0547. The van der Waals surface area contributed by atoms with Gasteiger partial charge >= 0.3 is 5.69 Å². The monoisotopic (exact) mass is 261 g/mol. The maximum atomic E-state index is 11.2. The van der Waals surface area contributed by atoms with Gasteiger partial charge in [0.25, 0.3) is 0 Å². The number of rotatable bonds is 2. The maximum Gasteiger partial charge on any atom is 0.310 e. The van der Waals surface area contributed by atoms with Crippen molar-refractivity contribution >= 4 is 11.4 Å². The van der Waals surface area contributed by atoms with Gasteiger partial charge in [0.15, 0.2) is 0 Å². The molecule has 100 valence electrons. The van der Waals surface area contributed by atoms with E-state index >= 15 is 0 Å². The topological polar surface area (TPSA) is 90.4 Å². The summed E-state index contributed by atoms with van der Waals surface area (Å²) in [5.74, 6) is 0.0547. The molecule has 0 aromatic heterocycles. The minimum atomic E-state index is -0.510. The summed E-state index contributed by atoms with van der Waals surface area (Å²) >= 11 is 0. The molecule has 1 N–H and O–H groups in total. The average Bonchev–Trinajstić information content (AvgIpc) is 2.40. The van der Waals surface area contributed by atoms with Crippen LogP contribution in [0.1, 0.15) is 18.9 Å². The Hall–Kier alpha value is -2.13. The van der Waals surface area contributed by atoms with Crippen LogP contribution in [-0.2, 0) is 0 Å². The molecule has 2 atom stereocenters. The van der Waals surface area contributed by atoms with Gasteiger partial charge < -0.3 is 10.0 Å². The Morgan fingerprint density at radius 3 is 2.89 bits per heavy atom. The molecule has 1 fully saturated rings. The molecule has 0 amide bonds. The number of nitrogens with zero attached hydrogens (tertiary/aromatic N) is 3. The van der Waals surface area contributed by atoms with Gasteiger partial charge in [-0.1, -0.05) is 13.0 Å². The lowest BCUT2D eigenvalue weighted by molar-refractivity contribution is -0.384. The second-order valence-corrected chi connectivity index (χ2v) is 4.82. The van der Waals surface area contributed by atoms with E-state index in [1.54, 1.807) is 12.1 Å². The predicted molar refractivity (Wildman–Crippen MR) is 69.8 cm³/mol. The third-order valence-electron chi connectivity index (χ3n) is 3.52. The minimum Gasteiger partial charge on any atom is -0.393 e. The summed E-state index contributed by atoms with van der Waals surface area (Å²) in [5, 5.41) is 29.8. The second kappa shape index (κ2) is 5.24. The van der Waals surface area contributed by atoms with Crippen molar-refractivity contribution in [3.05, 3.63) is 33.9 Å². The van der Waals surface area contributed by atoms with E-state index in [0.29, 0.717) is 25.2 Å². The molecule has 2 rings (SSSR count). The zero-order valence-electron chi connectivity index (χ0n) is 10.6. The summed E-state index contributed by atoms with van der Waals surface area (Å²) < 4.78 is 0. The molecule has 0 bridgehead atoms. The summed E-state index contributed by atoms with van der Waals surface area (Å²) in [4.78, 5) is 12.5. The van der Waals surface area contributed by atoms with Crippen LogP contribution < -0.4 is 4.90 Å². The standard InChI is InChI=1S/C13H15N3O3/c1-9-8-15(6-5-12(9)17)11-4-2-3-10(7-14)13(11)16(18)19/h2-4,9,12,17H,5-6,8H2,1H3. The molecule has 1 saturated heterocycles. The fourth-order valence-corrected chi connectivity index (χ4v) is 2.42. The fourth-order valence-electron chi connectivity index (χ4n) is 2.42. The number of aliphatic hydroxyl groups is 1. The smallest absolute Gasteiger partial charge is 0.310 e. The highest BCUT2D eigenvalue weighted by Crippen LogP contribution is 2.33. The summed E-state index contributed by atoms with van der Waals surface area (Å²) in [6.07, 6.45) is 0.212. The first kappa shape index (κ1) is 13.3.